The van der Waals surface area contributed by atoms with Crippen molar-refractivity contribution in [2.24, 2.45) is 0 Å². The zero-order valence-corrected chi connectivity index (χ0v) is 8.26. The molecule has 0 heterocycles. The Hall–Kier alpha value is -0.310. The van der Waals surface area contributed by atoms with E-state index in [9.17, 15) is 4.79 Å². The van der Waals surface area contributed by atoms with Crippen LogP contribution in [0.25, 0.3) is 0 Å². The Bertz CT molecular complexity index is 132. The van der Waals surface area contributed by atoms with Crippen molar-refractivity contribution in [1.29, 1.82) is 0 Å². The van der Waals surface area contributed by atoms with Gasteiger partial charge in [0.05, 0.1) is 7.11 Å². The van der Waals surface area contributed by atoms with E-state index in [1.807, 2.05) is 6.08 Å². The number of halogens is 1. The van der Waals surface area contributed by atoms with Crippen LogP contribution in [0.15, 0.2) is 12.2 Å². The highest BCUT2D eigenvalue weighted by atomic mass is 79.9. The molecule has 0 aliphatic heterocycles. The van der Waals surface area contributed by atoms with Crippen molar-refractivity contribution in [2.75, 3.05) is 12.4 Å². The molecule has 0 saturated carbocycles. The second kappa shape index (κ2) is 7.79. The molecule has 0 aromatic carbocycles. The summed E-state index contributed by atoms with van der Waals surface area (Å²) in [7, 11) is 1.38. The van der Waals surface area contributed by atoms with Gasteiger partial charge in [-0.3, -0.25) is 0 Å². The van der Waals surface area contributed by atoms with E-state index >= 15 is 0 Å². The monoisotopic (exact) mass is 220 g/mol. The first-order valence-corrected chi connectivity index (χ1v) is 4.74. The minimum Gasteiger partial charge on any atom is -0.466 e. The van der Waals surface area contributed by atoms with Crippen LogP contribution < -0.4 is 0 Å². The van der Waals surface area contributed by atoms with Gasteiger partial charge in [0.25, 0.3) is 0 Å². The Balaban J connectivity index is 3.22. The zero-order chi connectivity index (χ0) is 8.53. The molecule has 0 saturated heterocycles. The quantitative estimate of drug-likeness (QED) is 0.308. The number of alkyl halides is 1. The maximum Gasteiger partial charge on any atom is 0.330 e. The standard InChI is InChI=1S/C8H13BrO2/c1-11-8(10)6-4-2-3-5-7-9/h4,6H,2-3,5,7H2,1H3. The summed E-state index contributed by atoms with van der Waals surface area (Å²) < 4.78 is 4.42. The molecule has 0 rings (SSSR count). The summed E-state index contributed by atoms with van der Waals surface area (Å²) in [5.74, 6) is -0.274. The fourth-order valence-corrected chi connectivity index (χ4v) is 1.00. The van der Waals surface area contributed by atoms with Crippen molar-refractivity contribution < 1.29 is 9.53 Å². The SMILES string of the molecule is COC(=O)C=CCCCCBr. The number of allylic oxidation sites excluding steroid dienone is 1. The van der Waals surface area contributed by atoms with Gasteiger partial charge in [-0.1, -0.05) is 22.0 Å². The Morgan fingerprint density at radius 2 is 2.27 bits per heavy atom. The predicted molar refractivity (Wildman–Crippen MR) is 48.8 cm³/mol. The van der Waals surface area contributed by atoms with E-state index in [0.717, 1.165) is 24.6 Å². The third kappa shape index (κ3) is 7.59. The second-order valence-corrected chi connectivity index (χ2v) is 2.90. The highest BCUT2D eigenvalue weighted by Crippen LogP contribution is 1.99. The van der Waals surface area contributed by atoms with Gasteiger partial charge in [0.15, 0.2) is 0 Å². The number of methoxy groups -OCH3 is 1. The molecule has 0 aliphatic carbocycles. The van der Waals surface area contributed by atoms with Crippen molar-refractivity contribution in [3.63, 3.8) is 0 Å². The molecule has 0 radical (unpaired) electrons. The Morgan fingerprint density at radius 3 is 2.82 bits per heavy atom. The lowest BCUT2D eigenvalue weighted by molar-refractivity contribution is -0.134. The maximum atomic E-state index is 10.5. The molecule has 3 heteroatoms. The number of ether oxygens (including phenoxy) is 1. The minimum absolute atomic E-state index is 0.274. The van der Waals surface area contributed by atoms with Crippen molar-refractivity contribution in [1.82, 2.24) is 0 Å². The molecule has 2 nitrogen and oxygen atoms in total. The van der Waals surface area contributed by atoms with Gasteiger partial charge in [-0.2, -0.15) is 0 Å². The van der Waals surface area contributed by atoms with E-state index in [4.69, 9.17) is 0 Å². The Labute approximate surface area is 75.7 Å². The average molecular weight is 221 g/mol. The van der Waals surface area contributed by atoms with Crippen LogP contribution in [0, 0.1) is 0 Å². The largest absolute Gasteiger partial charge is 0.466 e. The summed E-state index contributed by atoms with van der Waals surface area (Å²) in [6, 6.07) is 0. The number of hydrogen-bond acceptors (Lipinski definition) is 2. The number of carbonyl (C=O) groups excluding carboxylic acids is 1. The first-order valence-electron chi connectivity index (χ1n) is 3.61. The van der Waals surface area contributed by atoms with Crippen LogP contribution in [0.1, 0.15) is 19.3 Å². The molecule has 11 heavy (non-hydrogen) atoms. The lowest BCUT2D eigenvalue weighted by atomic mass is 10.2. The van der Waals surface area contributed by atoms with Gasteiger partial charge in [0, 0.05) is 11.4 Å². The molecule has 0 aromatic heterocycles. The Kier molecular flexibility index (Phi) is 7.57. The molecule has 0 spiro atoms. The highest BCUT2D eigenvalue weighted by molar-refractivity contribution is 9.09. The van der Waals surface area contributed by atoms with Crippen LogP contribution in [0.5, 0.6) is 0 Å². The molecule has 0 unspecified atom stereocenters. The van der Waals surface area contributed by atoms with Gasteiger partial charge in [-0.25, -0.2) is 4.79 Å². The molecule has 0 N–H and O–H groups in total. The lowest BCUT2D eigenvalue weighted by Crippen LogP contribution is -1.93. The number of hydrogen-bond donors (Lipinski definition) is 0. The third-order valence-electron chi connectivity index (χ3n) is 1.21. The molecule has 0 aromatic rings. The van der Waals surface area contributed by atoms with Crippen LogP contribution >= 0.6 is 15.9 Å². The molecule has 0 atom stereocenters. The van der Waals surface area contributed by atoms with Gasteiger partial charge in [-0.15, -0.1) is 0 Å². The van der Waals surface area contributed by atoms with E-state index in [0.29, 0.717) is 0 Å². The van der Waals surface area contributed by atoms with Gasteiger partial charge < -0.3 is 4.74 Å². The summed E-state index contributed by atoms with van der Waals surface area (Å²) in [5.41, 5.74) is 0. The first-order chi connectivity index (χ1) is 5.31. The smallest absolute Gasteiger partial charge is 0.330 e. The Morgan fingerprint density at radius 1 is 1.55 bits per heavy atom. The molecular weight excluding hydrogens is 208 g/mol. The van der Waals surface area contributed by atoms with Crippen LogP contribution in [0.4, 0.5) is 0 Å². The normalized spacial score (nSPS) is 10.4. The molecule has 0 fully saturated rings. The van der Waals surface area contributed by atoms with Crippen LogP contribution in [-0.4, -0.2) is 18.4 Å². The molecular formula is C8H13BrO2. The fraction of sp³-hybridized carbons (Fsp3) is 0.625. The fourth-order valence-electron chi connectivity index (χ4n) is 0.604. The van der Waals surface area contributed by atoms with Gasteiger partial charge >= 0.3 is 5.97 Å². The highest BCUT2D eigenvalue weighted by Gasteiger charge is 1.88. The van der Waals surface area contributed by atoms with Crippen LogP contribution in [-0.2, 0) is 9.53 Å². The third-order valence-corrected chi connectivity index (χ3v) is 1.77. The topological polar surface area (TPSA) is 26.3 Å². The summed E-state index contributed by atoms with van der Waals surface area (Å²) >= 11 is 3.33. The predicted octanol–water partition coefficient (Wildman–Crippen LogP) is 2.28. The van der Waals surface area contributed by atoms with E-state index in [-0.39, 0.29) is 5.97 Å². The lowest BCUT2D eigenvalue weighted by Gasteiger charge is -1.91. The van der Waals surface area contributed by atoms with Gasteiger partial charge in [0.2, 0.25) is 0 Å². The van der Waals surface area contributed by atoms with Crippen LogP contribution in [0.2, 0.25) is 0 Å². The number of esters is 1. The van der Waals surface area contributed by atoms with Gasteiger partial charge in [-0.05, 0) is 19.3 Å². The van der Waals surface area contributed by atoms with Crippen molar-refractivity contribution >= 4 is 21.9 Å². The van der Waals surface area contributed by atoms with Crippen molar-refractivity contribution in [3.05, 3.63) is 12.2 Å². The number of unbranched alkanes of at least 4 members (excludes halogenated alkanes) is 2. The second-order valence-electron chi connectivity index (χ2n) is 2.11. The van der Waals surface area contributed by atoms with Crippen molar-refractivity contribution in [2.45, 2.75) is 19.3 Å². The summed E-state index contributed by atoms with van der Waals surface area (Å²) in [6.45, 7) is 0. The molecule has 0 bridgehead atoms. The minimum atomic E-state index is -0.274. The zero-order valence-electron chi connectivity index (χ0n) is 6.68. The van der Waals surface area contributed by atoms with E-state index in [1.54, 1.807) is 0 Å². The first kappa shape index (κ1) is 10.7. The number of carbonyl (C=O) groups is 1. The average Bonchev–Trinajstić information content (AvgIpc) is 2.04. The summed E-state index contributed by atoms with van der Waals surface area (Å²) in [4.78, 5) is 10.5. The maximum absolute atomic E-state index is 10.5. The van der Waals surface area contributed by atoms with E-state index < -0.39 is 0 Å². The van der Waals surface area contributed by atoms with E-state index in [1.165, 1.54) is 13.2 Å². The molecule has 0 amide bonds. The molecule has 0 aliphatic rings. The summed E-state index contributed by atoms with van der Waals surface area (Å²) in [5, 5.41) is 1.03. The van der Waals surface area contributed by atoms with Crippen molar-refractivity contribution in [3.8, 4) is 0 Å². The number of rotatable bonds is 5. The van der Waals surface area contributed by atoms with Crippen LogP contribution in [0.3, 0.4) is 0 Å². The molecule has 64 valence electrons. The summed E-state index contributed by atoms with van der Waals surface area (Å²) in [6.07, 6.45) is 6.51. The van der Waals surface area contributed by atoms with E-state index in [2.05, 4.69) is 20.7 Å². The van der Waals surface area contributed by atoms with Gasteiger partial charge in [0.1, 0.15) is 0 Å².